The highest BCUT2D eigenvalue weighted by atomic mass is 35.5. The molecule has 0 spiro atoms. The predicted molar refractivity (Wildman–Crippen MR) is 499 cm³/mol. The van der Waals surface area contributed by atoms with E-state index in [1.165, 1.54) is 61.7 Å². The summed E-state index contributed by atoms with van der Waals surface area (Å²) in [5.74, 6) is -3.53. The van der Waals surface area contributed by atoms with Gasteiger partial charge in [0.1, 0.15) is 73.2 Å². The van der Waals surface area contributed by atoms with Gasteiger partial charge in [0.25, 0.3) is 0 Å². The van der Waals surface area contributed by atoms with Gasteiger partial charge in [0.15, 0.2) is 36.6 Å². The molecule has 132 heavy (non-hydrogen) atoms. The fraction of sp³-hybridized carbons (Fsp3) is 0.367. The highest BCUT2D eigenvalue weighted by Crippen LogP contribution is 2.46. The molecule has 6 unspecified atom stereocenters. The number of aliphatic hydroxyl groups is 8. The van der Waals surface area contributed by atoms with E-state index in [2.05, 4.69) is 36.4 Å². The van der Waals surface area contributed by atoms with Crippen molar-refractivity contribution < 1.29 is 125 Å². The van der Waals surface area contributed by atoms with E-state index < -0.39 is 193 Å². The summed E-state index contributed by atoms with van der Waals surface area (Å²) in [6.45, 7) is 10.3. The van der Waals surface area contributed by atoms with Crippen LogP contribution in [-0.2, 0) is 123 Å². The quantitative estimate of drug-likeness (QED) is 0.0231. The number of esters is 6. The van der Waals surface area contributed by atoms with Crippen molar-refractivity contribution in [1.82, 2.24) is 0 Å². The molecule has 8 aromatic carbocycles. The van der Waals surface area contributed by atoms with Gasteiger partial charge < -0.3 is 88.2 Å². The maximum atomic E-state index is 13.1. The number of halogens is 4. The number of carbonyl (C=O) groups is 6. The molecule has 16 rings (SSSR count). The van der Waals surface area contributed by atoms with E-state index in [-0.39, 0.29) is 0 Å². The van der Waals surface area contributed by atoms with Gasteiger partial charge in [0, 0.05) is 116 Å². The fourth-order valence-corrected chi connectivity index (χ4v) is 22.5. The standard InChI is InChI=1S/C28H29ClO8S.C28H29ClO7S.C21H21ClO6S.C21H21ClO5S/c1-5-23-26(34-15(2)30)28(36-17(4)32)27(35-16(3)31)25(37-23)19-10-11-22(29)20(12-19)14-21-13-18-8-6-7-9-24(18)38(21)33;1-5-23-26(33-15(2)30)28(35-17(4)32)27(34-16(3)31)25(36-23)19-10-11-22(29)20(12-19)14-21-13-18-8-6-7-9-24(18)37-21;22-15-6-5-12(21-20(26)19(25)18(24)16(10-23)28-21)7-13(15)9-14-8-11-3-1-2-4-17(11)29(14)27;22-15-6-5-12(21-20(26)19(25)18(24)16(10-23)27-21)7-13(15)9-14-8-11-3-1-2-4-17(11)28-14/h6-13,23,25-28H,5,14H2,1-4H3;6-13,23,25-28H,5,14H2,1-4H3;1-8,16,18-21,23-26H,9-10H2;1-8,16,18-21,23-26H,9-10H2/t23-,25?,26-,27+,28+,38?;23-,25?,26-,27+,28+;16-,18-,19+,20-,21?,29?;16-,18-,19+,20-,21?/m1111/s1. The topological polar surface area (TPSA) is 391 Å². The molecule has 0 aliphatic carbocycles. The summed E-state index contributed by atoms with van der Waals surface area (Å²) in [7, 11) is -2.57. The molecule has 0 saturated carbocycles. The SMILES string of the molecule is CC[C@H]1OC(c2ccc(Cl)c(CC3=Cc4ccccc4S3=O)c2)[C@H](OC(C)=O)[C@@H](OC(C)=O)[C@@H]1OC(C)=O.CC[C@H]1OC(c2ccc(Cl)c(Cc3cc4ccccc4s3)c2)[C@H](OC(C)=O)[C@@H](OC(C)=O)[C@@H]1OC(C)=O.O=S1C(Cc2cc(C3O[C@H](CO)[C@@H](O)[C@H](O)[C@H]3O)ccc2Cl)=Cc2ccccc21.OC[C@H]1OC(c2ccc(Cl)c(Cc3cc4ccccc4s3)c2)[C@H](O)[C@@H](O)[C@@H]1O. The Kier molecular flexibility index (Phi) is 34.3. The van der Waals surface area contributed by atoms with E-state index in [9.17, 15) is 78.0 Å². The first-order valence-corrected chi connectivity index (χ1v) is 48.0. The van der Waals surface area contributed by atoms with Crippen LogP contribution in [0.25, 0.3) is 32.3 Å². The lowest BCUT2D eigenvalue weighted by molar-refractivity contribution is -0.249. The van der Waals surface area contributed by atoms with Gasteiger partial charge in [-0.3, -0.25) is 28.8 Å². The number of ether oxygens (including phenoxy) is 10. The number of thiophene rings is 2. The van der Waals surface area contributed by atoms with Crippen LogP contribution >= 0.6 is 69.1 Å². The number of allylic oxidation sites excluding steroid dienone is 2. The molecular weight excluding hydrogens is 1860 g/mol. The number of carbonyl (C=O) groups excluding carboxylic acids is 6. The lowest BCUT2D eigenvalue weighted by atomic mass is 9.88. The number of rotatable bonds is 22. The van der Waals surface area contributed by atoms with Gasteiger partial charge in [-0.05, 0) is 152 Å². The number of hydrogen-bond donors (Lipinski definition) is 8. The van der Waals surface area contributed by atoms with E-state index in [0.29, 0.717) is 96.9 Å². The molecule has 8 heterocycles. The van der Waals surface area contributed by atoms with Crippen molar-refractivity contribution in [3.63, 3.8) is 0 Å². The second kappa shape index (κ2) is 45.1. The van der Waals surface area contributed by atoms with Crippen LogP contribution in [0.1, 0.15) is 158 Å². The Morgan fingerprint density at radius 1 is 0.341 bits per heavy atom. The van der Waals surface area contributed by atoms with Crippen molar-refractivity contribution in [2.75, 3.05) is 13.2 Å². The van der Waals surface area contributed by atoms with E-state index in [0.717, 1.165) is 46.7 Å². The van der Waals surface area contributed by atoms with Crippen LogP contribution < -0.4 is 0 Å². The first kappa shape index (κ1) is 100. The number of fused-ring (bicyclic) bond motifs is 4. The van der Waals surface area contributed by atoms with Crippen LogP contribution in [0, 0.1) is 0 Å². The Morgan fingerprint density at radius 3 is 0.939 bits per heavy atom. The molecule has 6 aliphatic heterocycles. The molecule has 22 atom stereocenters. The molecule has 8 N–H and O–H groups in total. The molecule has 4 fully saturated rings. The molecule has 6 aliphatic rings. The molecule has 2 aromatic heterocycles. The van der Waals surface area contributed by atoms with Crippen molar-refractivity contribution in [2.24, 2.45) is 0 Å². The van der Waals surface area contributed by atoms with Crippen molar-refractivity contribution in [2.45, 2.75) is 226 Å². The minimum atomic E-state index is -1.45. The summed E-state index contributed by atoms with van der Waals surface area (Å²) in [6.07, 6.45) is -14.5. The third kappa shape index (κ3) is 23.7. The zero-order valence-corrected chi connectivity index (χ0v) is 79.0. The Morgan fingerprint density at radius 2 is 0.629 bits per heavy atom. The Labute approximate surface area is 794 Å². The molecule has 26 nitrogen and oxygen atoms in total. The Bertz CT molecular complexity index is 5910. The summed E-state index contributed by atoms with van der Waals surface area (Å²) < 4.78 is 85.6. The molecule has 0 bridgehead atoms. The zero-order valence-electron chi connectivity index (χ0n) is 72.8. The van der Waals surface area contributed by atoms with Crippen molar-refractivity contribution >= 4 is 159 Å². The smallest absolute Gasteiger partial charge is 0.303 e. The molecule has 0 amide bonds. The maximum absolute atomic E-state index is 13.1. The summed E-state index contributed by atoms with van der Waals surface area (Å²) in [6, 6.07) is 56.7. The number of aliphatic hydroxyl groups excluding tert-OH is 8. The highest BCUT2D eigenvalue weighted by Gasteiger charge is 2.54. The van der Waals surface area contributed by atoms with E-state index in [4.69, 9.17) is 93.8 Å². The average Bonchev–Trinajstić information content (AvgIpc) is 1.77. The van der Waals surface area contributed by atoms with Gasteiger partial charge >= 0.3 is 35.8 Å². The largest absolute Gasteiger partial charge is 0.456 e. The summed E-state index contributed by atoms with van der Waals surface area (Å²) in [5, 5.41) is 84.1. The van der Waals surface area contributed by atoms with Gasteiger partial charge in [0.2, 0.25) is 0 Å². The second-order valence-electron chi connectivity index (χ2n) is 32.4. The van der Waals surface area contributed by atoms with Crippen LogP contribution in [0.2, 0.25) is 20.1 Å². The lowest BCUT2D eigenvalue weighted by Gasteiger charge is -2.44. The second-order valence-corrected chi connectivity index (χ2v) is 39.4. The van der Waals surface area contributed by atoms with E-state index in [1.807, 2.05) is 123 Å². The number of benzene rings is 8. The minimum Gasteiger partial charge on any atom is -0.456 e. The Hall–Kier alpha value is -9.04. The molecule has 4 saturated heterocycles. The molecule has 34 heteroatoms. The van der Waals surface area contributed by atoms with Gasteiger partial charge in [-0.15, -0.1) is 22.7 Å². The average molecular weight is 1960 g/mol. The summed E-state index contributed by atoms with van der Waals surface area (Å²) in [4.78, 5) is 77.3. The first-order valence-electron chi connectivity index (χ1n) is 42.6. The minimum absolute atomic E-state index is 0.333. The zero-order chi connectivity index (χ0) is 94.8. The van der Waals surface area contributed by atoms with Crippen LogP contribution in [0.5, 0.6) is 0 Å². The molecule has 0 radical (unpaired) electrons. The van der Waals surface area contributed by atoms with Crippen LogP contribution in [-0.4, -0.2) is 196 Å². The maximum Gasteiger partial charge on any atom is 0.303 e. The van der Waals surface area contributed by atoms with Gasteiger partial charge in [-0.1, -0.05) is 182 Å². The van der Waals surface area contributed by atoms with Crippen molar-refractivity contribution in [1.29, 1.82) is 0 Å². The van der Waals surface area contributed by atoms with Gasteiger partial charge in [-0.2, -0.15) is 0 Å². The van der Waals surface area contributed by atoms with Crippen LogP contribution in [0.3, 0.4) is 0 Å². The highest BCUT2D eigenvalue weighted by molar-refractivity contribution is 7.90. The number of hydrogen-bond acceptors (Lipinski definition) is 28. The summed E-state index contributed by atoms with van der Waals surface area (Å²) in [5.41, 5.74) is 7.51. The first-order chi connectivity index (χ1) is 63.1. The molecule has 700 valence electrons. The van der Waals surface area contributed by atoms with Crippen molar-refractivity contribution in [3.05, 3.63) is 277 Å². The van der Waals surface area contributed by atoms with Gasteiger partial charge in [-0.25, -0.2) is 8.42 Å². The predicted octanol–water partition coefficient (Wildman–Crippen LogP) is 14.7. The fourth-order valence-electron chi connectivity index (χ4n) is 16.9. The van der Waals surface area contributed by atoms with E-state index in [1.54, 1.807) is 71.2 Å². The third-order valence-corrected chi connectivity index (χ3v) is 29.7. The van der Waals surface area contributed by atoms with Gasteiger partial charge in [0.05, 0.1) is 56.8 Å². The summed E-state index contributed by atoms with van der Waals surface area (Å²) >= 11 is 29.3. The Balaban J connectivity index is 0.000000151. The molecular formula is C98H100Cl4O26S4. The monoisotopic (exact) mass is 1960 g/mol. The molecule has 10 aromatic rings. The van der Waals surface area contributed by atoms with Crippen LogP contribution in [0.4, 0.5) is 0 Å². The normalized spacial score (nSPS) is 26.9. The third-order valence-electron chi connectivity index (χ3n) is 23.0. The van der Waals surface area contributed by atoms with Crippen LogP contribution in [0.15, 0.2) is 202 Å². The van der Waals surface area contributed by atoms with Crippen molar-refractivity contribution in [3.8, 4) is 0 Å². The van der Waals surface area contributed by atoms with E-state index >= 15 is 0 Å². The lowest BCUT2D eigenvalue weighted by Crippen LogP contribution is -2.58.